The molecule has 4 nitrogen and oxygen atoms in total. The Morgan fingerprint density at radius 3 is 2.74 bits per heavy atom. The molecular weight excluding hydrogens is 264 g/mol. The third-order valence-electron chi connectivity index (χ3n) is 2.38. The predicted octanol–water partition coefficient (Wildman–Crippen LogP) is 3.07. The van der Waals surface area contributed by atoms with Gasteiger partial charge in [-0.3, -0.25) is 4.79 Å². The van der Waals surface area contributed by atoms with Gasteiger partial charge in [-0.15, -0.1) is 0 Å². The molecule has 0 atom stereocenters. The Morgan fingerprint density at radius 1 is 1.42 bits per heavy atom. The molecule has 5 heteroatoms. The van der Waals surface area contributed by atoms with Gasteiger partial charge in [-0.25, -0.2) is 0 Å². The van der Waals surface area contributed by atoms with Gasteiger partial charge in [0.15, 0.2) is 0 Å². The summed E-state index contributed by atoms with van der Waals surface area (Å²) < 4.78 is 5.59. The summed E-state index contributed by atoms with van der Waals surface area (Å²) in [6, 6.07) is 5.71. The van der Waals surface area contributed by atoms with E-state index in [1.54, 1.807) is 18.2 Å². The van der Waals surface area contributed by atoms with E-state index in [-0.39, 0.29) is 5.91 Å². The van der Waals surface area contributed by atoms with E-state index < -0.39 is 0 Å². The molecule has 1 aromatic carbocycles. The van der Waals surface area contributed by atoms with Crippen LogP contribution in [0.3, 0.4) is 0 Å². The molecule has 106 valence electrons. The third kappa shape index (κ3) is 6.45. The third-order valence-corrected chi connectivity index (χ3v) is 2.68. The van der Waals surface area contributed by atoms with Crippen LogP contribution < -0.4 is 15.4 Å². The summed E-state index contributed by atoms with van der Waals surface area (Å²) in [6.45, 7) is 7.20. The number of carbonyl (C=O) groups is 1. The zero-order chi connectivity index (χ0) is 14.3. The molecule has 0 aromatic heterocycles. The van der Waals surface area contributed by atoms with E-state index in [1.807, 2.05) is 0 Å². The number of halogens is 1. The minimum absolute atomic E-state index is 0.121. The van der Waals surface area contributed by atoms with Crippen LogP contribution in [0, 0.1) is 0 Å². The molecule has 0 spiro atoms. The van der Waals surface area contributed by atoms with Crippen molar-refractivity contribution in [1.82, 2.24) is 5.32 Å². The molecule has 0 bridgehead atoms. The highest BCUT2D eigenvalue weighted by atomic mass is 35.5. The van der Waals surface area contributed by atoms with Crippen LogP contribution in [0.15, 0.2) is 18.2 Å². The van der Waals surface area contributed by atoms with Gasteiger partial charge in [-0.05, 0) is 31.2 Å². The van der Waals surface area contributed by atoms with Gasteiger partial charge in [0.25, 0.3) is 0 Å². The molecule has 0 unspecified atom stereocenters. The van der Waals surface area contributed by atoms with E-state index >= 15 is 0 Å². The molecule has 0 heterocycles. The molecule has 2 N–H and O–H groups in total. The average molecular weight is 285 g/mol. The Labute approximate surface area is 119 Å². The van der Waals surface area contributed by atoms with Gasteiger partial charge in [-0.1, -0.05) is 25.4 Å². The summed E-state index contributed by atoms with van der Waals surface area (Å²) in [5, 5.41) is 6.49. The highest BCUT2D eigenvalue weighted by Gasteiger charge is 2.04. The summed E-state index contributed by atoms with van der Waals surface area (Å²) in [4.78, 5) is 10.9. The quantitative estimate of drug-likeness (QED) is 0.757. The fourth-order valence-electron chi connectivity index (χ4n) is 1.54. The number of ether oxygens (including phenoxy) is 1. The smallest absolute Gasteiger partial charge is 0.221 e. The average Bonchev–Trinajstić information content (AvgIpc) is 2.30. The maximum atomic E-state index is 10.9. The summed E-state index contributed by atoms with van der Waals surface area (Å²) in [5.41, 5.74) is 0.673. The summed E-state index contributed by atoms with van der Waals surface area (Å²) in [5.74, 6) is 0.518. The Morgan fingerprint density at radius 2 is 2.16 bits per heavy atom. The molecular formula is C14H21ClN2O2. The van der Waals surface area contributed by atoms with Crippen LogP contribution in [0.1, 0.15) is 27.2 Å². The van der Waals surface area contributed by atoms with E-state index in [0.717, 1.165) is 13.0 Å². The maximum absolute atomic E-state index is 10.9. The minimum atomic E-state index is -0.121. The molecule has 1 rings (SSSR count). The fourth-order valence-corrected chi connectivity index (χ4v) is 1.78. The van der Waals surface area contributed by atoms with Crippen molar-refractivity contribution in [3.8, 4) is 5.75 Å². The molecule has 0 aliphatic carbocycles. The normalized spacial score (nSPS) is 10.6. The number of hydrogen-bond donors (Lipinski definition) is 2. The van der Waals surface area contributed by atoms with E-state index in [1.165, 1.54) is 6.92 Å². The highest BCUT2D eigenvalue weighted by Crippen LogP contribution is 2.27. The zero-order valence-electron chi connectivity index (χ0n) is 11.6. The first-order valence-electron chi connectivity index (χ1n) is 6.42. The molecule has 1 aromatic rings. The maximum Gasteiger partial charge on any atom is 0.221 e. The van der Waals surface area contributed by atoms with Gasteiger partial charge in [-0.2, -0.15) is 0 Å². The van der Waals surface area contributed by atoms with Crippen molar-refractivity contribution in [2.24, 2.45) is 0 Å². The zero-order valence-corrected chi connectivity index (χ0v) is 12.4. The van der Waals surface area contributed by atoms with Crippen molar-refractivity contribution < 1.29 is 9.53 Å². The van der Waals surface area contributed by atoms with Gasteiger partial charge < -0.3 is 15.4 Å². The highest BCUT2D eigenvalue weighted by molar-refractivity contribution is 6.32. The van der Waals surface area contributed by atoms with Crippen LogP contribution >= 0.6 is 11.6 Å². The van der Waals surface area contributed by atoms with Crippen molar-refractivity contribution >= 4 is 23.2 Å². The number of benzene rings is 1. The molecule has 19 heavy (non-hydrogen) atoms. The minimum Gasteiger partial charge on any atom is -0.492 e. The Balaban J connectivity index is 2.40. The van der Waals surface area contributed by atoms with E-state index in [0.29, 0.717) is 29.1 Å². The van der Waals surface area contributed by atoms with Crippen molar-refractivity contribution in [3.63, 3.8) is 0 Å². The standard InChI is InChI=1S/C14H21ClN2O2/c1-10(2)16-7-4-8-19-14-6-5-12(9-13(14)15)17-11(3)18/h5-6,9-10,16H,4,7-8H2,1-3H3,(H,17,18). The lowest BCUT2D eigenvalue weighted by Gasteiger charge is -2.11. The largest absolute Gasteiger partial charge is 0.492 e. The predicted molar refractivity (Wildman–Crippen MR) is 79.0 cm³/mol. The van der Waals surface area contributed by atoms with Crippen LogP contribution in [0.25, 0.3) is 0 Å². The lowest BCUT2D eigenvalue weighted by atomic mass is 10.3. The van der Waals surface area contributed by atoms with Crippen molar-refractivity contribution in [2.45, 2.75) is 33.2 Å². The molecule has 0 aliphatic heterocycles. The molecule has 0 saturated heterocycles. The Bertz CT molecular complexity index is 422. The number of amides is 1. The van der Waals surface area contributed by atoms with Gasteiger partial charge in [0, 0.05) is 18.7 Å². The SMILES string of the molecule is CC(=O)Nc1ccc(OCCCNC(C)C)c(Cl)c1. The molecule has 0 fully saturated rings. The van der Waals surface area contributed by atoms with E-state index in [4.69, 9.17) is 16.3 Å². The van der Waals surface area contributed by atoms with Crippen molar-refractivity contribution in [3.05, 3.63) is 23.2 Å². The van der Waals surface area contributed by atoms with Crippen molar-refractivity contribution in [2.75, 3.05) is 18.5 Å². The molecule has 1 amide bonds. The van der Waals surface area contributed by atoms with Crippen LogP contribution in [0.5, 0.6) is 5.75 Å². The first-order valence-corrected chi connectivity index (χ1v) is 6.80. The number of carbonyl (C=O) groups excluding carboxylic acids is 1. The summed E-state index contributed by atoms with van der Waals surface area (Å²) >= 11 is 6.08. The van der Waals surface area contributed by atoms with Gasteiger partial charge in [0.05, 0.1) is 11.6 Å². The second-order valence-corrected chi connectivity index (χ2v) is 5.04. The molecule has 0 saturated carbocycles. The Hall–Kier alpha value is -1.26. The summed E-state index contributed by atoms with van der Waals surface area (Å²) in [6.07, 6.45) is 0.919. The van der Waals surface area contributed by atoms with Crippen molar-refractivity contribution in [1.29, 1.82) is 0 Å². The molecule has 0 radical (unpaired) electrons. The lowest BCUT2D eigenvalue weighted by Crippen LogP contribution is -2.24. The number of rotatable bonds is 7. The van der Waals surface area contributed by atoms with Gasteiger partial charge >= 0.3 is 0 Å². The first-order chi connectivity index (χ1) is 8.99. The monoisotopic (exact) mass is 284 g/mol. The lowest BCUT2D eigenvalue weighted by molar-refractivity contribution is -0.114. The van der Waals surface area contributed by atoms with Gasteiger partial charge in [0.1, 0.15) is 5.75 Å². The van der Waals surface area contributed by atoms with Crippen LogP contribution in [-0.4, -0.2) is 25.1 Å². The number of hydrogen-bond acceptors (Lipinski definition) is 3. The van der Waals surface area contributed by atoms with E-state index in [9.17, 15) is 4.79 Å². The Kier molecular flexibility index (Phi) is 6.67. The van der Waals surface area contributed by atoms with E-state index in [2.05, 4.69) is 24.5 Å². The number of nitrogens with one attached hydrogen (secondary N) is 2. The second kappa shape index (κ2) is 8.02. The summed E-state index contributed by atoms with van der Waals surface area (Å²) in [7, 11) is 0. The van der Waals surface area contributed by atoms with Crippen LogP contribution in [0.2, 0.25) is 5.02 Å². The van der Waals surface area contributed by atoms with Crippen LogP contribution in [-0.2, 0) is 4.79 Å². The topological polar surface area (TPSA) is 50.4 Å². The second-order valence-electron chi connectivity index (χ2n) is 4.64. The number of anilines is 1. The van der Waals surface area contributed by atoms with Gasteiger partial charge in [0.2, 0.25) is 5.91 Å². The first kappa shape index (κ1) is 15.8. The van der Waals surface area contributed by atoms with Crippen LogP contribution in [0.4, 0.5) is 5.69 Å². The molecule has 0 aliphatic rings. The fraction of sp³-hybridized carbons (Fsp3) is 0.500.